The molecule has 2 heteroatoms. The highest BCUT2D eigenvalue weighted by Gasteiger charge is 2.53. The molecule has 0 saturated heterocycles. The largest absolute Gasteiger partial charge is 0.508 e. The summed E-state index contributed by atoms with van der Waals surface area (Å²) in [5, 5.41) is 13.1. The minimum atomic E-state index is 0.370. The van der Waals surface area contributed by atoms with Crippen molar-refractivity contribution in [3.05, 3.63) is 29.8 Å². The maximum atomic E-state index is 9.42. The zero-order chi connectivity index (χ0) is 14.2. The van der Waals surface area contributed by atoms with Gasteiger partial charge in [-0.3, -0.25) is 0 Å². The van der Waals surface area contributed by atoms with Crippen molar-refractivity contribution in [3.8, 4) is 5.75 Å². The Labute approximate surface area is 122 Å². The average Bonchev–Trinajstić information content (AvgIpc) is 3.00. The quantitative estimate of drug-likeness (QED) is 0.830. The molecular weight excluding hydrogens is 246 g/mol. The molecule has 1 aromatic carbocycles. The average molecular weight is 273 g/mol. The summed E-state index contributed by atoms with van der Waals surface area (Å²) >= 11 is 0. The van der Waals surface area contributed by atoms with E-state index in [-0.39, 0.29) is 0 Å². The molecule has 2 N–H and O–H groups in total. The summed E-state index contributed by atoms with van der Waals surface area (Å²) in [6, 6.07) is 7.81. The van der Waals surface area contributed by atoms with Crippen LogP contribution in [0.25, 0.3) is 0 Å². The van der Waals surface area contributed by atoms with Gasteiger partial charge in [-0.2, -0.15) is 0 Å². The first-order valence-electron chi connectivity index (χ1n) is 8.05. The van der Waals surface area contributed by atoms with Gasteiger partial charge in [0.25, 0.3) is 0 Å². The predicted octanol–water partition coefficient (Wildman–Crippen LogP) is 3.60. The second-order valence-corrected chi connectivity index (χ2v) is 7.53. The van der Waals surface area contributed by atoms with Crippen molar-refractivity contribution in [2.75, 3.05) is 13.1 Å². The summed E-state index contributed by atoms with van der Waals surface area (Å²) < 4.78 is 0. The van der Waals surface area contributed by atoms with E-state index >= 15 is 0 Å². The molecule has 0 amide bonds. The van der Waals surface area contributed by atoms with Crippen LogP contribution in [0.1, 0.15) is 38.7 Å². The number of phenolic OH excluding ortho intramolecular Hbond substituents is 1. The van der Waals surface area contributed by atoms with Crippen molar-refractivity contribution >= 4 is 0 Å². The lowest BCUT2D eigenvalue weighted by Gasteiger charge is -2.32. The van der Waals surface area contributed by atoms with Crippen LogP contribution in [0.4, 0.5) is 0 Å². The van der Waals surface area contributed by atoms with E-state index in [1.807, 2.05) is 12.1 Å². The molecule has 2 atom stereocenters. The summed E-state index contributed by atoms with van der Waals surface area (Å²) in [5.41, 5.74) is 1.83. The van der Waals surface area contributed by atoms with Gasteiger partial charge in [0.15, 0.2) is 0 Å². The van der Waals surface area contributed by atoms with Crippen LogP contribution in [-0.4, -0.2) is 18.2 Å². The first-order chi connectivity index (χ1) is 9.56. The van der Waals surface area contributed by atoms with E-state index < -0.39 is 0 Å². The number of aromatic hydroxyl groups is 1. The summed E-state index contributed by atoms with van der Waals surface area (Å²) in [5.74, 6) is 3.10. The number of nitrogens with one attached hydrogen (secondary N) is 1. The third-order valence-electron chi connectivity index (χ3n) is 5.03. The van der Waals surface area contributed by atoms with Crippen LogP contribution in [0.3, 0.4) is 0 Å². The first-order valence-corrected chi connectivity index (χ1v) is 8.05. The van der Waals surface area contributed by atoms with Crippen LogP contribution in [0, 0.1) is 23.2 Å². The molecule has 2 saturated carbocycles. The van der Waals surface area contributed by atoms with Gasteiger partial charge < -0.3 is 10.4 Å². The van der Waals surface area contributed by atoms with E-state index in [4.69, 9.17) is 0 Å². The lowest BCUT2D eigenvalue weighted by Crippen LogP contribution is -2.36. The number of phenols is 1. The molecule has 0 spiro atoms. The fourth-order valence-electron chi connectivity index (χ4n) is 4.03. The zero-order valence-corrected chi connectivity index (χ0v) is 12.7. The van der Waals surface area contributed by atoms with E-state index in [1.54, 1.807) is 0 Å². The van der Waals surface area contributed by atoms with Crippen LogP contribution >= 0.6 is 0 Å². The van der Waals surface area contributed by atoms with Crippen molar-refractivity contribution in [2.45, 2.75) is 39.5 Å². The molecule has 110 valence electrons. The third-order valence-corrected chi connectivity index (χ3v) is 5.03. The van der Waals surface area contributed by atoms with E-state index in [2.05, 4.69) is 31.3 Å². The number of hydrogen-bond donors (Lipinski definition) is 2. The molecule has 0 bridgehead atoms. The van der Waals surface area contributed by atoms with E-state index in [9.17, 15) is 5.11 Å². The van der Waals surface area contributed by atoms with Gasteiger partial charge in [0, 0.05) is 6.54 Å². The smallest absolute Gasteiger partial charge is 0.115 e. The fraction of sp³-hybridized carbons (Fsp3) is 0.667. The fourth-order valence-corrected chi connectivity index (χ4v) is 4.03. The minimum absolute atomic E-state index is 0.370. The van der Waals surface area contributed by atoms with Crippen molar-refractivity contribution in [1.82, 2.24) is 5.32 Å². The van der Waals surface area contributed by atoms with Gasteiger partial charge in [0.1, 0.15) is 5.75 Å². The second-order valence-electron chi connectivity index (χ2n) is 7.53. The normalized spacial score (nSPS) is 31.6. The van der Waals surface area contributed by atoms with E-state index in [0.29, 0.717) is 11.2 Å². The third kappa shape index (κ3) is 3.17. The Morgan fingerprint density at radius 2 is 1.85 bits per heavy atom. The molecular formula is C18H27NO. The highest BCUT2D eigenvalue weighted by molar-refractivity contribution is 5.27. The monoisotopic (exact) mass is 273 g/mol. The molecule has 3 rings (SSSR count). The summed E-state index contributed by atoms with van der Waals surface area (Å²) in [7, 11) is 0. The molecule has 2 nitrogen and oxygen atoms in total. The number of benzene rings is 1. The Kier molecular flexibility index (Phi) is 3.76. The predicted molar refractivity (Wildman–Crippen MR) is 82.8 cm³/mol. The minimum Gasteiger partial charge on any atom is -0.508 e. The summed E-state index contributed by atoms with van der Waals surface area (Å²) in [6.45, 7) is 6.81. The standard InChI is InChI=1S/C18H27NO/c1-13(2)11-19-12-18(9-15-7-16(15)10-18)8-14-3-5-17(20)6-4-14/h3-6,13,15-16,19-20H,7-12H2,1-2H3. The highest BCUT2D eigenvalue weighted by Crippen LogP contribution is 2.60. The van der Waals surface area contributed by atoms with E-state index in [0.717, 1.165) is 37.3 Å². The molecule has 20 heavy (non-hydrogen) atoms. The van der Waals surface area contributed by atoms with Crippen LogP contribution in [0.5, 0.6) is 5.75 Å². The van der Waals surface area contributed by atoms with Crippen molar-refractivity contribution in [3.63, 3.8) is 0 Å². The zero-order valence-electron chi connectivity index (χ0n) is 12.7. The SMILES string of the molecule is CC(C)CNCC1(Cc2ccc(O)cc2)CC2CC2C1. The van der Waals surface area contributed by atoms with Gasteiger partial charge in [-0.15, -0.1) is 0 Å². The highest BCUT2D eigenvalue weighted by atomic mass is 16.3. The Balaban J connectivity index is 1.65. The second kappa shape index (κ2) is 5.40. The van der Waals surface area contributed by atoms with Crippen LogP contribution in [0.15, 0.2) is 24.3 Å². The van der Waals surface area contributed by atoms with Crippen molar-refractivity contribution < 1.29 is 5.11 Å². The maximum absolute atomic E-state index is 9.42. The molecule has 1 aromatic rings. The lowest BCUT2D eigenvalue weighted by molar-refractivity contribution is 0.245. The first kappa shape index (κ1) is 13.9. The molecule has 0 heterocycles. The van der Waals surface area contributed by atoms with Gasteiger partial charge >= 0.3 is 0 Å². The Morgan fingerprint density at radius 1 is 1.20 bits per heavy atom. The Hall–Kier alpha value is -1.02. The van der Waals surface area contributed by atoms with Crippen LogP contribution in [0.2, 0.25) is 0 Å². The molecule has 0 aliphatic heterocycles. The molecule has 0 radical (unpaired) electrons. The number of hydrogen-bond acceptors (Lipinski definition) is 2. The molecule has 2 aliphatic carbocycles. The summed E-state index contributed by atoms with van der Waals surface area (Å²) in [6.07, 6.45) is 5.42. The Bertz CT molecular complexity index is 441. The maximum Gasteiger partial charge on any atom is 0.115 e. The van der Waals surface area contributed by atoms with Gasteiger partial charge in [-0.25, -0.2) is 0 Å². The molecule has 2 fully saturated rings. The van der Waals surface area contributed by atoms with Gasteiger partial charge in [-0.1, -0.05) is 26.0 Å². The lowest BCUT2D eigenvalue weighted by atomic mass is 9.77. The Morgan fingerprint density at radius 3 is 2.45 bits per heavy atom. The number of rotatable bonds is 6. The van der Waals surface area contributed by atoms with Crippen molar-refractivity contribution in [2.24, 2.45) is 23.2 Å². The topological polar surface area (TPSA) is 32.3 Å². The van der Waals surface area contributed by atoms with Crippen LogP contribution < -0.4 is 5.32 Å². The molecule has 2 unspecified atom stereocenters. The molecule has 2 aliphatic rings. The summed E-state index contributed by atoms with van der Waals surface area (Å²) in [4.78, 5) is 0. The van der Waals surface area contributed by atoms with Gasteiger partial charge in [0.2, 0.25) is 0 Å². The van der Waals surface area contributed by atoms with E-state index in [1.165, 1.54) is 24.8 Å². The van der Waals surface area contributed by atoms with Gasteiger partial charge in [-0.05, 0) is 73.1 Å². The number of fused-ring (bicyclic) bond motifs is 1. The van der Waals surface area contributed by atoms with Crippen molar-refractivity contribution in [1.29, 1.82) is 0 Å². The molecule has 0 aromatic heterocycles. The van der Waals surface area contributed by atoms with Crippen LogP contribution in [-0.2, 0) is 6.42 Å². The van der Waals surface area contributed by atoms with Gasteiger partial charge in [0.05, 0.1) is 0 Å².